The molecule has 1 aliphatic rings. The Morgan fingerprint density at radius 3 is 3.18 bits per heavy atom. The summed E-state index contributed by atoms with van der Waals surface area (Å²) in [6.07, 6.45) is 2.53. The first kappa shape index (κ1) is 8.33. The summed E-state index contributed by atoms with van der Waals surface area (Å²) in [6.45, 7) is 1.71. The molecule has 0 aromatic rings. The molecule has 1 radical (unpaired) electrons. The van der Waals surface area contributed by atoms with Crippen LogP contribution in [0, 0.1) is 6.42 Å². The molecule has 11 heavy (non-hydrogen) atoms. The maximum Gasteiger partial charge on any atom is 0.407 e. The van der Waals surface area contributed by atoms with Gasteiger partial charge in [-0.2, -0.15) is 0 Å². The molecular formula is C7H13N2O2. The molecule has 1 rings (SSSR count). The molecule has 1 unspecified atom stereocenters. The number of rotatable bonds is 1. The van der Waals surface area contributed by atoms with Crippen molar-refractivity contribution in [3.63, 3.8) is 0 Å². The second kappa shape index (κ2) is 4.18. The molecular weight excluding hydrogens is 144 g/mol. The van der Waals surface area contributed by atoms with Crippen molar-refractivity contribution in [1.82, 2.24) is 10.6 Å². The zero-order valence-corrected chi connectivity index (χ0v) is 6.59. The second-order valence-electron chi connectivity index (χ2n) is 2.42. The van der Waals surface area contributed by atoms with E-state index in [1.807, 2.05) is 6.42 Å². The van der Waals surface area contributed by atoms with Crippen LogP contribution in [-0.2, 0) is 4.74 Å². The maximum absolute atomic E-state index is 10.7. The van der Waals surface area contributed by atoms with Crippen LogP contribution in [-0.4, -0.2) is 32.3 Å². The van der Waals surface area contributed by atoms with E-state index < -0.39 is 0 Å². The van der Waals surface area contributed by atoms with Crippen molar-refractivity contribution in [2.75, 3.05) is 20.1 Å². The Kier molecular flexibility index (Phi) is 3.16. The topological polar surface area (TPSA) is 50.4 Å². The average Bonchev–Trinajstić information content (AvgIpc) is 2.06. The number of hydrogen-bond acceptors (Lipinski definition) is 3. The van der Waals surface area contributed by atoms with Crippen molar-refractivity contribution in [3.8, 4) is 0 Å². The minimum Gasteiger partial charge on any atom is -0.445 e. The number of nitrogens with one attached hydrogen (secondary N) is 2. The van der Waals surface area contributed by atoms with Crippen LogP contribution >= 0.6 is 0 Å². The molecule has 0 aliphatic carbocycles. The van der Waals surface area contributed by atoms with Gasteiger partial charge in [0.25, 0.3) is 0 Å². The van der Waals surface area contributed by atoms with Gasteiger partial charge in [-0.05, 0) is 13.0 Å². The van der Waals surface area contributed by atoms with Crippen LogP contribution in [0.5, 0.6) is 0 Å². The van der Waals surface area contributed by atoms with Crippen molar-refractivity contribution in [3.05, 3.63) is 6.42 Å². The number of ether oxygens (including phenoxy) is 1. The summed E-state index contributed by atoms with van der Waals surface area (Å²) in [5.41, 5.74) is 0. The molecule has 0 bridgehead atoms. The van der Waals surface area contributed by atoms with Gasteiger partial charge in [0.15, 0.2) is 0 Å². The molecule has 4 heteroatoms. The molecule has 4 nitrogen and oxygen atoms in total. The van der Waals surface area contributed by atoms with E-state index in [2.05, 4.69) is 10.6 Å². The van der Waals surface area contributed by atoms with Crippen LogP contribution in [0.3, 0.4) is 0 Å². The monoisotopic (exact) mass is 157 g/mol. The minimum absolute atomic E-state index is 0.0660. The smallest absolute Gasteiger partial charge is 0.407 e. The maximum atomic E-state index is 10.7. The summed E-state index contributed by atoms with van der Waals surface area (Å²) in [4.78, 5) is 10.7. The van der Waals surface area contributed by atoms with Crippen LogP contribution in [0.1, 0.15) is 6.42 Å². The van der Waals surface area contributed by atoms with Crippen LogP contribution in [0.2, 0.25) is 0 Å². The quantitative estimate of drug-likeness (QED) is 0.559. The van der Waals surface area contributed by atoms with Gasteiger partial charge in [-0.3, -0.25) is 0 Å². The van der Waals surface area contributed by atoms with Crippen molar-refractivity contribution in [2.24, 2.45) is 0 Å². The lowest BCUT2D eigenvalue weighted by molar-refractivity contribution is 0.107. The molecule has 63 valence electrons. The number of carbonyl (C=O) groups excluding carboxylic acids is 1. The fourth-order valence-electron chi connectivity index (χ4n) is 0.985. The van der Waals surface area contributed by atoms with Gasteiger partial charge in [0.2, 0.25) is 0 Å². The number of amides is 1. The van der Waals surface area contributed by atoms with E-state index in [4.69, 9.17) is 4.74 Å². The van der Waals surface area contributed by atoms with Crippen LogP contribution in [0.4, 0.5) is 4.79 Å². The van der Waals surface area contributed by atoms with Crippen LogP contribution in [0.25, 0.3) is 0 Å². The molecule has 0 aromatic heterocycles. The highest BCUT2D eigenvalue weighted by molar-refractivity contribution is 5.67. The minimum atomic E-state index is -0.366. The van der Waals surface area contributed by atoms with E-state index >= 15 is 0 Å². The number of alkyl carbamates (subject to hydrolysis) is 1. The highest BCUT2D eigenvalue weighted by atomic mass is 16.6. The molecule has 1 aliphatic heterocycles. The summed E-state index contributed by atoms with van der Waals surface area (Å²) in [7, 11) is 1.55. The van der Waals surface area contributed by atoms with E-state index in [0.717, 1.165) is 19.5 Å². The SMILES string of the molecule is CNC(=O)OC1[CH]CCNC1. The molecule has 0 spiro atoms. The lowest BCUT2D eigenvalue weighted by atomic mass is 10.1. The van der Waals surface area contributed by atoms with Gasteiger partial charge in [0, 0.05) is 20.0 Å². The number of hydrogen-bond donors (Lipinski definition) is 2. The summed E-state index contributed by atoms with van der Waals surface area (Å²) < 4.78 is 4.97. The van der Waals surface area contributed by atoms with Gasteiger partial charge >= 0.3 is 6.09 Å². The summed E-state index contributed by atoms with van der Waals surface area (Å²) in [6, 6.07) is 0. The first-order valence-electron chi connectivity index (χ1n) is 3.75. The van der Waals surface area contributed by atoms with Gasteiger partial charge in [-0.25, -0.2) is 4.79 Å². The molecule has 0 aromatic carbocycles. The van der Waals surface area contributed by atoms with Gasteiger partial charge in [0.1, 0.15) is 6.10 Å². The van der Waals surface area contributed by atoms with Crippen molar-refractivity contribution in [1.29, 1.82) is 0 Å². The predicted molar refractivity (Wildman–Crippen MR) is 41.1 cm³/mol. The third-order valence-electron chi connectivity index (χ3n) is 1.56. The third-order valence-corrected chi connectivity index (χ3v) is 1.56. The van der Waals surface area contributed by atoms with E-state index in [0.29, 0.717) is 0 Å². The van der Waals surface area contributed by atoms with Crippen molar-refractivity contribution >= 4 is 6.09 Å². The Morgan fingerprint density at radius 1 is 1.82 bits per heavy atom. The van der Waals surface area contributed by atoms with E-state index in [1.165, 1.54) is 0 Å². The Morgan fingerprint density at radius 2 is 2.64 bits per heavy atom. The molecule has 1 saturated heterocycles. The first-order chi connectivity index (χ1) is 5.33. The molecule has 0 saturated carbocycles. The Balaban J connectivity index is 2.19. The molecule has 1 atom stereocenters. The van der Waals surface area contributed by atoms with E-state index in [1.54, 1.807) is 7.05 Å². The van der Waals surface area contributed by atoms with Crippen molar-refractivity contribution in [2.45, 2.75) is 12.5 Å². The molecule has 2 N–H and O–H groups in total. The van der Waals surface area contributed by atoms with E-state index in [9.17, 15) is 4.79 Å². The van der Waals surface area contributed by atoms with Gasteiger partial charge in [-0.1, -0.05) is 0 Å². The van der Waals surface area contributed by atoms with E-state index in [-0.39, 0.29) is 12.2 Å². The highest BCUT2D eigenvalue weighted by Crippen LogP contribution is 2.03. The first-order valence-corrected chi connectivity index (χ1v) is 3.75. The highest BCUT2D eigenvalue weighted by Gasteiger charge is 2.16. The van der Waals surface area contributed by atoms with Gasteiger partial charge in [-0.15, -0.1) is 0 Å². The Bertz CT molecular complexity index is 132. The Labute approximate surface area is 66.3 Å². The lowest BCUT2D eigenvalue weighted by Crippen LogP contribution is -2.38. The third kappa shape index (κ3) is 2.76. The normalized spacial score (nSPS) is 24.3. The standard InChI is InChI=1S/C7H13N2O2/c1-8-7(10)11-6-3-2-4-9-5-6/h3,6,9H,2,4-5H2,1H3,(H,8,10). The van der Waals surface area contributed by atoms with Crippen molar-refractivity contribution < 1.29 is 9.53 Å². The second-order valence-corrected chi connectivity index (χ2v) is 2.42. The number of carbonyl (C=O) groups is 1. The number of piperidine rings is 1. The predicted octanol–water partition coefficient (Wildman–Crippen LogP) is -0.0914. The summed E-state index contributed by atoms with van der Waals surface area (Å²) in [5.74, 6) is 0. The van der Waals surface area contributed by atoms with Gasteiger partial charge in [0.05, 0.1) is 0 Å². The molecule has 1 fully saturated rings. The van der Waals surface area contributed by atoms with Crippen LogP contribution in [0.15, 0.2) is 0 Å². The molecule has 1 amide bonds. The van der Waals surface area contributed by atoms with Gasteiger partial charge < -0.3 is 15.4 Å². The molecule has 1 heterocycles. The average molecular weight is 157 g/mol. The lowest BCUT2D eigenvalue weighted by Gasteiger charge is -2.21. The van der Waals surface area contributed by atoms with Crippen LogP contribution < -0.4 is 10.6 Å². The largest absolute Gasteiger partial charge is 0.445 e. The summed E-state index contributed by atoms with van der Waals surface area (Å²) in [5, 5.41) is 5.53. The zero-order valence-electron chi connectivity index (χ0n) is 6.59. The summed E-state index contributed by atoms with van der Waals surface area (Å²) >= 11 is 0. The Hall–Kier alpha value is -0.770. The zero-order chi connectivity index (χ0) is 8.10. The fraction of sp³-hybridized carbons (Fsp3) is 0.714. The fourth-order valence-corrected chi connectivity index (χ4v) is 0.985.